The van der Waals surface area contributed by atoms with Crippen LogP contribution in [0.15, 0.2) is 0 Å². The van der Waals surface area contributed by atoms with Crippen LogP contribution in [-0.4, -0.2) is 42.9 Å². The predicted molar refractivity (Wildman–Crippen MR) is 62.9 cm³/mol. The average molecular weight is 232 g/mol. The molecule has 0 heterocycles. The van der Waals surface area contributed by atoms with E-state index in [-0.39, 0.29) is 19.0 Å². The summed E-state index contributed by atoms with van der Waals surface area (Å²) in [5.41, 5.74) is 4.46. The normalized spacial score (nSPS) is 16.9. The van der Waals surface area contributed by atoms with Gasteiger partial charge in [-0.25, -0.2) is 0 Å². The minimum absolute atomic E-state index is 0.134. The minimum atomic E-state index is -0.892. The molecule has 1 amide bonds. The number of hydrogen-bond acceptors (Lipinski definition) is 4. The molecule has 0 bridgehead atoms. The SMILES string of the molecule is COC(CN)C(=O)NCC(C)(O)CC(C)C. The first-order chi connectivity index (χ1) is 7.32. The zero-order valence-electron chi connectivity index (χ0n) is 10.6. The van der Waals surface area contributed by atoms with Crippen LogP contribution in [0.25, 0.3) is 0 Å². The predicted octanol–water partition coefficient (Wildman–Crippen LogP) is -0.127. The van der Waals surface area contributed by atoms with Gasteiger partial charge in [0.2, 0.25) is 0 Å². The zero-order valence-corrected chi connectivity index (χ0v) is 10.6. The van der Waals surface area contributed by atoms with Gasteiger partial charge in [0, 0.05) is 20.2 Å². The lowest BCUT2D eigenvalue weighted by Crippen LogP contribution is -2.47. The molecule has 0 aliphatic heterocycles. The highest BCUT2D eigenvalue weighted by Crippen LogP contribution is 2.14. The molecule has 5 heteroatoms. The molecule has 0 saturated carbocycles. The maximum absolute atomic E-state index is 11.5. The van der Waals surface area contributed by atoms with E-state index in [9.17, 15) is 9.90 Å². The number of ether oxygens (including phenoxy) is 1. The first-order valence-electron chi connectivity index (χ1n) is 5.55. The number of carbonyl (C=O) groups is 1. The highest BCUT2D eigenvalue weighted by atomic mass is 16.5. The largest absolute Gasteiger partial charge is 0.388 e. The summed E-state index contributed by atoms with van der Waals surface area (Å²) in [5.74, 6) is 0.0914. The first kappa shape index (κ1) is 15.3. The van der Waals surface area contributed by atoms with E-state index in [0.29, 0.717) is 12.3 Å². The van der Waals surface area contributed by atoms with Crippen molar-refractivity contribution >= 4 is 5.91 Å². The molecule has 0 radical (unpaired) electrons. The van der Waals surface area contributed by atoms with Gasteiger partial charge in [0.05, 0.1) is 5.60 Å². The molecule has 5 nitrogen and oxygen atoms in total. The molecule has 0 aliphatic rings. The van der Waals surface area contributed by atoms with Gasteiger partial charge in [-0.2, -0.15) is 0 Å². The summed E-state index contributed by atoms with van der Waals surface area (Å²) in [4.78, 5) is 11.5. The lowest BCUT2D eigenvalue weighted by atomic mass is 9.94. The van der Waals surface area contributed by atoms with Crippen LogP contribution in [-0.2, 0) is 9.53 Å². The monoisotopic (exact) mass is 232 g/mol. The van der Waals surface area contributed by atoms with Crippen molar-refractivity contribution in [3.05, 3.63) is 0 Å². The number of amides is 1. The molecule has 0 rings (SSSR count). The van der Waals surface area contributed by atoms with Crippen molar-refractivity contribution in [2.75, 3.05) is 20.2 Å². The molecule has 16 heavy (non-hydrogen) atoms. The summed E-state index contributed by atoms with van der Waals surface area (Å²) in [7, 11) is 1.43. The van der Waals surface area contributed by atoms with Crippen LogP contribution in [0.1, 0.15) is 27.2 Å². The summed E-state index contributed by atoms with van der Waals surface area (Å²) in [6.07, 6.45) is -0.0112. The van der Waals surface area contributed by atoms with Gasteiger partial charge in [-0.1, -0.05) is 13.8 Å². The molecule has 0 fully saturated rings. The molecule has 2 unspecified atom stereocenters. The molecule has 0 aromatic heterocycles. The Morgan fingerprint density at radius 1 is 1.56 bits per heavy atom. The highest BCUT2D eigenvalue weighted by Gasteiger charge is 2.24. The smallest absolute Gasteiger partial charge is 0.250 e. The van der Waals surface area contributed by atoms with Crippen LogP contribution < -0.4 is 11.1 Å². The first-order valence-corrected chi connectivity index (χ1v) is 5.55. The van der Waals surface area contributed by atoms with Gasteiger partial charge in [-0.05, 0) is 19.3 Å². The Bertz CT molecular complexity index is 213. The molecule has 0 saturated heterocycles. The second-order valence-electron chi connectivity index (χ2n) is 4.77. The molecular formula is C11H24N2O3. The van der Waals surface area contributed by atoms with Crippen molar-refractivity contribution in [3.63, 3.8) is 0 Å². The van der Waals surface area contributed by atoms with E-state index < -0.39 is 11.7 Å². The van der Waals surface area contributed by atoms with Crippen LogP contribution in [0.2, 0.25) is 0 Å². The van der Waals surface area contributed by atoms with Crippen molar-refractivity contribution in [1.29, 1.82) is 0 Å². The topological polar surface area (TPSA) is 84.6 Å². The quantitative estimate of drug-likeness (QED) is 0.571. The molecule has 0 spiro atoms. The van der Waals surface area contributed by atoms with Gasteiger partial charge in [-0.15, -0.1) is 0 Å². The van der Waals surface area contributed by atoms with Crippen LogP contribution in [0.4, 0.5) is 0 Å². The van der Waals surface area contributed by atoms with E-state index in [2.05, 4.69) is 5.32 Å². The van der Waals surface area contributed by atoms with Gasteiger partial charge in [0.1, 0.15) is 6.10 Å². The molecule has 0 aromatic rings. The van der Waals surface area contributed by atoms with Gasteiger partial charge in [0.15, 0.2) is 0 Å². The van der Waals surface area contributed by atoms with E-state index in [1.807, 2.05) is 13.8 Å². The van der Waals surface area contributed by atoms with Crippen LogP contribution >= 0.6 is 0 Å². The highest BCUT2D eigenvalue weighted by molar-refractivity contribution is 5.81. The second kappa shape index (κ2) is 6.83. The van der Waals surface area contributed by atoms with E-state index in [1.54, 1.807) is 6.92 Å². The van der Waals surface area contributed by atoms with Gasteiger partial charge in [-0.3, -0.25) is 4.79 Å². The summed E-state index contributed by atoms with van der Waals surface area (Å²) < 4.78 is 4.89. The fourth-order valence-electron chi connectivity index (χ4n) is 1.65. The third-order valence-corrected chi connectivity index (χ3v) is 2.28. The van der Waals surface area contributed by atoms with Crippen molar-refractivity contribution < 1.29 is 14.6 Å². The Hall–Kier alpha value is -0.650. The molecule has 2 atom stereocenters. The maximum Gasteiger partial charge on any atom is 0.250 e. The van der Waals surface area contributed by atoms with Crippen molar-refractivity contribution in [2.24, 2.45) is 11.7 Å². The zero-order chi connectivity index (χ0) is 12.8. The van der Waals surface area contributed by atoms with Crippen molar-refractivity contribution in [1.82, 2.24) is 5.32 Å². The Kier molecular flexibility index (Phi) is 6.55. The van der Waals surface area contributed by atoms with Crippen LogP contribution in [0.3, 0.4) is 0 Å². The third-order valence-electron chi connectivity index (χ3n) is 2.28. The summed E-state index contributed by atoms with van der Waals surface area (Å²) >= 11 is 0. The number of nitrogens with one attached hydrogen (secondary N) is 1. The molecule has 96 valence electrons. The fraction of sp³-hybridized carbons (Fsp3) is 0.909. The Labute approximate surface area is 97.3 Å². The van der Waals surface area contributed by atoms with Crippen LogP contribution in [0.5, 0.6) is 0 Å². The molecular weight excluding hydrogens is 208 g/mol. The molecule has 0 aromatic carbocycles. The lowest BCUT2D eigenvalue weighted by Gasteiger charge is -2.26. The number of aliphatic hydroxyl groups is 1. The van der Waals surface area contributed by atoms with Gasteiger partial charge in [0.25, 0.3) is 5.91 Å². The van der Waals surface area contributed by atoms with E-state index in [0.717, 1.165) is 0 Å². The van der Waals surface area contributed by atoms with Crippen LogP contribution in [0, 0.1) is 5.92 Å². The number of carbonyl (C=O) groups excluding carboxylic acids is 1. The van der Waals surface area contributed by atoms with Gasteiger partial charge < -0.3 is 20.9 Å². The summed E-state index contributed by atoms with van der Waals surface area (Å²) in [6.45, 7) is 6.10. The molecule has 4 N–H and O–H groups in total. The lowest BCUT2D eigenvalue weighted by molar-refractivity contribution is -0.131. The van der Waals surface area contributed by atoms with E-state index in [1.165, 1.54) is 7.11 Å². The number of rotatable bonds is 7. The number of nitrogens with two attached hydrogens (primary N) is 1. The Morgan fingerprint density at radius 3 is 2.50 bits per heavy atom. The third kappa shape index (κ3) is 6.05. The standard InChI is InChI=1S/C11H24N2O3/c1-8(2)5-11(3,15)7-13-10(14)9(6-12)16-4/h8-9,15H,5-7,12H2,1-4H3,(H,13,14). The average Bonchev–Trinajstić information content (AvgIpc) is 2.15. The van der Waals surface area contributed by atoms with Crippen molar-refractivity contribution in [3.8, 4) is 0 Å². The van der Waals surface area contributed by atoms with Gasteiger partial charge >= 0.3 is 0 Å². The number of methoxy groups -OCH3 is 1. The van der Waals surface area contributed by atoms with Crippen molar-refractivity contribution in [2.45, 2.75) is 38.9 Å². The number of hydrogen-bond donors (Lipinski definition) is 3. The maximum atomic E-state index is 11.5. The molecule has 0 aliphatic carbocycles. The van der Waals surface area contributed by atoms with E-state index in [4.69, 9.17) is 10.5 Å². The Balaban J connectivity index is 4.08. The summed E-state index contributed by atoms with van der Waals surface area (Å²) in [5, 5.41) is 12.6. The Morgan fingerprint density at radius 2 is 2.12 bits per heavy atom. The minimum Gasteiger partial charge on any atom is -0.388 e. The second-order valence-corrected chi connectivity index (χ2v) is 4.77. The fourth-order valence-corrected chi connectivity index (χ4v) is 1.65. The summed E-state index contributed by atoms with van der Waals surface area (Å²) in [6, 6.07) is 0. The van der Waals surface area contributed by atoms with E-state index >= 15 is 0 Å².